The molecular formula is C29H29FN2O4. The number of hydrogen-bond donors (Lipinski definition) is 1. The third-order valence-corrected chi connectivity index (χ3v) is 5.82. The molecule has 0 fully saturated rings. The highest BCUT2D eigenvalue weighted by molar-refractivity contribution is 6.01. The third-order valence-electron chi connectivity index (χ3n) is 5.82. The number of nitrogens with one attached hydrogen (secondary N) is 1. The van der Waals surface area contributed by atoms with Crippen molar-refractivity contribution in [2.45, 2.75) is 32.4 Å². The largest absolute Gasteiger partial charge is 0.497 e. The molecule has 7 heteroatoms. The predicted octanol–water partition coefficient (Wildman–Crippen LogP) is 5.33. The van der Waals surface area contributed by atoms with Crippen LogP contribution in [0.3, 0.4) is 0 Å². The molecule has 36 heavy (non-hydrogen) atoms. The number of halogens is 1. The second-order valence-corrected chi connectivity index (χ2v) is 9.55. The molecule has 6 nitrogen and oxygen atoms in total. The second kappa shape index (κ2) is 9.85. The fourth-order valence-electron chi connectivity index (χ4n) is 4.31. The Morgan fingerprint density at radius 3 is 2.19 bits per heavy atom. The zero-order valence-electron chi connectivity index (χ0n) is 21.0. The van der Waals surface area contributed by atoms with Crippen molar-refractivity contribution in [3.05, 3.63) is 94.5 Å². The maximum Gasteiger partial charge on any atom is 0.252 e. The number of ether oxygens (including phenoxy) is 2. The summed E-state index contributed by atoms with van der Waals surface area (Å²) in [5.74, 6) is 0.123. The lowest BCUT2D eigenvalue weighted by atomic mass is 9.97. The predicted molar refractivity (Wildman–Crippen MR) is 139 cm³/mol. The van der Waals surface area contributed by atoms with E-state index >= 15 is 0 Å². The van der Waals surface area contributed by atoms with E-state index in [0.29, 0.717) is 33.5 Å². The summed E-state index contributed by atoms with van der Waals surface area (Å²) in [5.41, 5.74) is 1.46. The molecule has 1 heterocycles. The van der Waals surface area contributed by atoms with Crippen LogP contribution in [0.25, 0.3) is 22.0 Å². The number of carbonyl (C=O) groups is 1. The zero-order valence-corrected chi connectivity index (χ0v) is 21.0. The van der Waals surface area contributed by atoms with Gasteiger partial charge in [0.1, 0.15) is 23.4 Å². The first-order chi connectivity index (χ1) is 17.1. The number of pyridine rings is 1. The van der Waals surface area contributed by atoms with E-state index in [1.165, 1.54) is 42.0 Å². The fourth-order valence-corrected chi connectivity index (χ4v) is 4.31. The molecule has 0 aliphatic heterocycles. The van der Waals surface area contributed by atoms with Gasteiger partial charge in [-0.15, -0.1) is 0 Å². The van der Waals surface area contributed by atoms with Gasteiger partial charge in [0.15, 0.2) is 0 Å². The molecule has 0 aliphatic carbocycles. The fraction of sp³-hybridized carbons (Fsp3) is 0.241. The highest BCUT2D eigenvalue weighted by atomic mass is 19.1. The van der Waals surface area contributed by atoms with Crippen LogP contribution in [0, 0.1) is 5.82 Å². The monoisotopic (exact) mass is 488 g/mol. The summed E-state index contributed by atoms with van der Waals surface area (Å²) >= 11 is 0. The Morgan fingerprint density at radius 1 is 0.944 bits per heavy atom. The lowest BCUT2D eigenvalue weighted by Gasteiger charge is -2.28. The molecule has 1 amide bonds. The highest BCUT2D eigenvalue weighted by Gasteiger charge is 2.30. The molecule has 0 saturated heterocycles. The summed E-state index contributed by atoms with van der Waals surface area (Å²) in [6.07, 6.45) is 0. The van der Waals surface area contributed by atoms with E-state index in [0.717, 1.165) is 5.56 Å². The van der Waals surface area contributed by atoms with Gasteiger partial charge in [-0.3, -0.25) is 14.2 Å². The summed E-state index contributed by atoms with van der Waals surface area (Å²) in [7, 11) is 3.07. The Kier molecular flexibility index (Phi) is 6.84. The van der Waals surface area contributed by atoms with Gasteiger partial charge in [0.2, 0.25) is 5.91 Å². The normalized spacial score (nSPS) is 12.3. The number of hydrogen-bond acceptors (Lipinski definition) is 4. The van der Waals surface area contributed by atoms with Crippen molar-refractivity contribution in [2.24, 2.45) is 0 Å². The van der Waals surface area contributed by atoms with E-state index in [2.05, 4.69) is 5.32 Å². The topological polar surface area (TPSA) is 69.6 Å². The van der Waals surface area contributed by atoms with Gasteiger partial charge < -0.3 is 14.8 Å². The number of methoxy groups -OCH3 is 2. The van der Waals surface area contributed by atoms with Gasteiger partial charge in [0.25, 0.3) is 5.56 Å². The van der Waals surface area contributed by atoms with E-state index in [4.69, 9.17) is 9.47 Å². The van der Waals surface area contributed by atoms with Crippen molar-refractivity contribution < 1.29 is 18.7 Å². The van der Waals surface area contributed by atoms with Crippen LogP contribution in [0.4, 0.5) is 4.39 Å². The Morgan fingerprint density at radius 2 is 1.61 bits per heavy atom. The van der Waals surface area contributed by atoms with Crippen LogP contribution >= 0.6 is 0 Å². The summed E-state index contributed by atoms with van der Waals surface area (Å²) in [4.78, 5) is 27.5. The molecule has 0 aliphatic rings. The minimum atomic E-state index is -1.07. The molecule has 1 aromatic heterocycles. The van der Waals surface area contributed by atoms with Gasteiger partial charge in [-0.1, -0.05) is 42.5 Å². The highest BCUT2D eigenvalue weighted by Crippen LogP contribution is 2.39. The molecule has 4 aromatic rings. The summed E-state index contributed by atoms with van der Waals surface area (Å²) < 4.78 is 26.4. The molecule has 1 atom stereocenters. The van der Waals surface area contributed by atoms with Crippen molar-refractivity contribution in [1.82, 2.24) is 9.88 Å². The van der Waals surface area contributed by atoms with E-state index in [1.54, 1.807) is 19.2 Å². The minimum Gasteiger partial charge on any atom is -0.497 e. The van der Waals surface area contributed by atoms with Crippen LogP contribution in [0.5, 0.6) is 11.5 Å². The number of nitrogens with zero attached hydrogens (tertiary/aromatic N) is 1. The number of benzene rings is 3. The van der Waals surface area contributed by atoms with Crippen LogP contribution in [-0.4, -0.2) is 30.2 Å². The second-order valence-electron chi connectivity index (χ2n) is 9.55. The summed E-state index contributed by atoms with van der Waals surface area (Å²) in [6, 6.07) is 19.0. The lowest BCUT2D eigenvalue weighted by molar-refractivity contribution is -0.124. The third kappa shape index (κ3) is 4.96. The van der Waals surface area contributed by atoms with Gasteiger partial charge in [-0.2, -0.15) is 0 Å². The molecule has 0 saturated carbocycles. The Bertz CT molecular complexity index is 1460. The zero-order chi connectivity index (χ0) is 26.0. The molecule has 1 unspecified atom stereocenters. The number of aromatic nitrogens is 1. The summed E-state index contributed by atoms with van der Waals surface area (Å²) in [6.45, 7) is 5.58. The average molecular weight is 489 g/mol. The smallest absolute Gasteiger partial charge is 0.252 e. The van der Waals surface area contributed by atoms with Crippen LogP contribution < -0.4 is 20.3 Å². The maximum absolute atomic E-state index is 13.8. The molecule has 186 valence electrons. The molecule has 1 N–H and O–H groups in total. The SMILES string of the molecule is COc1cc(OC)c2c(-c3ccccc3)cc(=O)n(C(C(=O)NC(C)(C)C)c3ccc(F)cc3)c2c1. The van der Waals surface area contributed by atoms with E-state index in [1.807, 2.05) is 51.1 Å². The first-order valence-corrected chi connectivity index (χ1v) is 11.6. The van der Waals surface area contributed by atoms with Gasteiger partial charge in [-0.05, 0) is 44.0 Å². The van der Waals surface area contributed by atoms with Crippen molar-refractivity contribution in [3.8, 4) is 22.6 Å². The van der Waals surface area contributed by atoms with Crippen molar-refractivity contribution in [1.29, 1.82) is 0 Å². The first kappa shape index (κ1) is 25.0. The molecule has 4 rings (SSSR count). The number of rotatable bonds is 6. The standard InChI is InChI=1S/C29H29FN2O4/c1-29(2,3)31-28(34)27(19-11-13-20(30)14-12-19)32-23-15-21(35-4)16-24(36-5)26(23)22(17-25(32)33)18-9-7-6-8-10-18/h6-17,27H,1-5H3,(H,31,34). The van der Waals surface area contributed by atoms with E-state index < -0.39 is 28.9 Å². The summed E-state index contributed by atoms with van der Waals surface area (Å²) in [5, 5.41) is 3.62. The Hall–Kier alpha value is -4.13. The Labute approximate surface area is 209 Å². The van der Waals surface area contributed by atoms with Crippen molar-refractivity contribution in [3.63, 3.8) is 0 Å². The van der Waals surface area contributed by atoms with Gasteiger partial charge in [-0.25, -0.2) is 4.39 Å². The van der Waals surface area contributed by atoms with Gasteiger partial charge in [0.05, 0.1) is 19.7 Å². The van der Waals surface area contributed by atoms with Crippen molar-refractivity contribution >= 4 is 16.8 Å². The molecule has 0 spiro atoms. The lowest BCUT2D eigenvalue weighted by Crippen LogP contribution is -2.46. The number of fused-ring (bicyclic) bond motifs is 1. The average Bonchev–Trinajstić information content (AvgIpc) is 2.85. The molecule has 0 bridgehead atoms. The van der Waals surface area contributed by atoms with Crippen LogP contribution in [0.15, 0.2) is 77.6 Å². The number of amides is 1. The number of carbonyl (C=O) groups excluding carboxylic acids is 1. The first-order valence-electron chi connectivity index (χ1n) is 11.6. The minimum absolute atomic E-state index is 0.393. The quantitative estimate of drug-likeness (QED) is 0.398. The van der Waals surface area contributed by atoms with E-state index in [9.17, 15) is 14.0 Å². The molecule has 3 aromatic carbocycles. The van der Waals surface area contributed by atoms with Gasteiger partial charge in [0, 0.05) is 34.7 Å². The van der Waals surface area contributed by atoms with Crippen molar-refractivity contribution in [2.75, 3.05) is 14.2 Å². The molecule has 0 radical (unpaired) electrons. The van der Waals surface area contributed by atoms with Crippen LogP contribution in [0.1, 0.15) is 32.4 Å². The van der Waals surface area contributed by atoms with Crippen LogP contribution in [-0.2, 0) is 4.79 Å². The van der Waals surface area contributed by atoms with Crippen LogP contribution in [0.2, 0.25) is 0 Å². The maximum atomic E-state index is 13.8. The Balaban J connectivity index is 2.12. The van der Waals surface area contributed by atoms with E-state index in [-0.39, 0.29) is 0 Å². The van der Waals surface area contributed by atoms with Gasteiger partial charge >= 0.3 is 0 Å². The molecular weight excluding hydrogens is 459 g/mol.